The van der Waals surface area contributed by atoms with Crippen molar-refractivity contribution < 1.29 is 13.9 Å². The van der Waals surface area contributed by atoms with E-state index in [-0.39, 0.29) is 11.7 Å². The molecule has 3 rings (SSSR count). The fourth-order valence-corrected chi connectivity index (χ4v) is 2.87. The molecule has 3 heterocycles. The van der Waals surface area contributed by atoms with Gasteiger partial charge in [-0.2, -0.15) is 4.39 Å². The Bertz CT molecular complexity index is 497. The van der Waals surface area contributed by atoms with Crippen LogP contribution in [0.15, 0.2) is 18.3 Å². The summed E-state index contributed by atoms with van der Waals surface area (Å²) in [5.41, 5.74) is -0.0256. The molecular formula is C14H18FN3O2. The highest BCUT2D eigenvalue weighted by atomic mass is 19.1. The molecule has 2 aliphatic heterocycles. The summed E-state index contributed by atoms with van der Waals surface area (Å²) >= 11 is 0. The quantitative estimate of drug-likeness (QED) is 0.832. The summed E-state index contributed by atoms with van der Waals surface area (Å²) in [6, 6.07) is 3.51. The number of hydrogen-bond donors (Lipinski definition) is 1. The number of morpholine rings is 1. The van der Waals surface area contributed by atoms with Crippen LogP contribution in [0, 0.1) is 5.95 Å². The summed E-state index contributed by atoms with van der Waals surface area (Å²) in [5.74, 6) is -1.18. The normalized spacial score (nSPS) is 26.2. The van der Waals surface area contributed by atoms with Crippen LogP contribution < -0.4 is 5.32 Å². The van der Waals surface area contributed by atoms with Gasteiger partial charge < -0.3 is 10.1 Å². The van der Waals surface area contributed by atoms with Crippen molar-refractivity contribution >= 4 is 5.91 Å². The van der Waals surface area contributed by atoms with Crippen molar-refractivity contribution in [3.63, 3.8) is 0 Å². The Balaban J connectivity index is 1.52. The van der Waals surface area contributed by atoms with Gasteiger partial charge in [-0.15, -0.1) is 0 Å². The summed E-state index contributed by atoms with van der Waals surface area (Å²) < 4.78 is 19.1. The number of carbonyl (C=O) groups is 1. The van der Waals surface area contributed by atoms with Gasteiger partial charge >= 0.3 is 0 Å². The largest absolute Gasteiger partial charge is 0.373 e. The van der Waals surface area contributed by atoms with Gasteiger partial charge in [0.1, 0.15) is 0 Å². The van der Waals surface area contributed by atoms with E-state index >= 15 is 0 Å². The van der Waals surface area contributed by atoms with Crippen molar-refractivity contribution in [1.82, 2.24) is 15.2 Å². The van der Waals surface area contributed by atoms with E-state index in [1.165, 1.54) is 25.1 Å². The summed E-state index contributed by atoms with van der Waals surface area (Å²) in [6.07, 6.45) is 3.71. The Morgan fingerprint density at radius 2 is 2.50 bits per heavy atom. The number of halogens is 1. The molecule has 5 nitrogen and oxygen atoms in total. The third-order valence-corrected chi connectivity index (χ3v) is 3.96. The molecular weight excluding hydrogens is 261 g/mol. The van der Waals surface area contributed by atoms with Crippen LogP contribution >= 0.6 is 0 Å². The fourth-order valence-electron chi connectivity index (χ4n) is 2.87. The van der Waals surface area contributed by atoms with Crippen molar-refractivity contribution in [3.8, 4) is 0 Å². The standard InChI is InChI=1S/C14H18FN3O2/c15-13-12(4-1-5-16-13)14(19)17-7-11-8-18-6-2-3-10(18)9-20-11/h1,4-5,10-11H,2-3,6-9H2,(H,17,19). The highest BCUT2D eigenvalue weighted by Crippen LogP contribution is 2.22. The van der Waals surface area contributed by atoms with Gasteiger partial charge in [0.2, 0.25) is 5.95 Å². The molecule has 1 amide bonds. The van der Waals surface area contributed by atoms with Gasteiger partial charge in [-0.05, 0) is 31.5 Å². The Hall–Kier alpha value is -1.53. The Labute approximate surface area is 117 Å². The van der Waals surface area contributed by atoms with Crippen LogP contribution in [-0.2, 0) is 4.74 Å². The Morgan fingerprint density at radius 1 is 1.60 bits per heavy atom. The molecule has 0 aromatic carbocycles. The number of nitrogens with zero attached hydrogens (tertiary/aromatic N) is 2. The number of amides is 1. The lowest BCUT2D eigenvalue weighted by Gasteiger charge is -2.35. The topological polar surface area (TPSA) is 54.5 Å². The van der Waals surface area contributed by atoms with Crippen molar-refractivity contribution in [3.05, 3.63) is 29.8 Å². The van der Waals surface area contributed by atoms with Gasteiger partial charge in [0.05, 0.1) is 18.3 Å². The van der Waals surface area contributed by atoms with Crippen LogP contribution in [0.25, 0.3) is 0 Å². The van der Waals surface area contributed by atoms with E-state index in [0.29, 0.717) is 12.6 Å². The average molecular weight is 279 g/mol. The molecule has 108 valence electrons. The number of hydrogen-bond acceptors (Lipinski definition) is 4. The first-order valence-corrected chi connectivity index (χ1v) is 6.98. The summed E-state index contributed by atoms with van der Waals surface area (Å²) in [4.78, 5) is 17.8. The lowest BCUT2D eigenvalue weighted by Crippen LogP contribution is -2.50. The zero-order valence-electron chi connectivity index (χ0n) is 11.2. The molecule has 2 unspecified atom stereocenters. The lowest BCUT2D eigenvalue weighted by atomic mass is 10.2. The molecule has 2 aliphatic rings. The molecule has 0 aliphatic carbocycles. The fraction of sp³-hybridized carbons (Fsp3) is 0.571. The van der Waals surface area contributed by atoms with Crippen molar-refractivity contribution in [1.29, 1.82) is 0 Å². The average Bonchev–Trinajstić information content (AvgIpc) is 2.92. The number of fused-ring (bicyclic) bond motifs is 1. The molecule has 20 heavy (non-hydrogen) atoms. The van der Waals surface area contributed by atoms with Crippen molar-refractivity contribution in [2.45, 2.75) is 25.0 Å². The van der Waals surface area contributed by atoms with Crippen LogP contribution in [-0.4, -0.2) is 54.2 Å². The molecule has 6 heteroatoms. The molecule has 1 N–H and O–H groups in total. The van der Waals surface area contributed by atoms with E-state index in [4.69, 9.17) is 4.74 Å². The van der Waals surface area contributed by atoms with Crippen LogP contribution in [0.4, 0.5) is 4.39 Å². The summed E-state index contributed by atoms with van der Waals surface area (Å²) in [6.45, 7) is 3.06. The SMILES string of the molecule is O=C(NCC1CN2CCCC2CO1)c1cccnc1F. The van der Waals surface area contributed by atoms with E-state index in [9.17, 15) is 9.18 Å². The molecule has 2 atom stereocenters. The van der Waals surface area contributed by atoms with Gasteiger partial charge in [0.15, 0.2) is 0 Å². The molecule has 2 saturated heterocycles. The number of pyridine rings is 1. The maximum atomic E-state index is 13.4. The Morgan fingerprint density at radius 3 is 3.35 bits per heavy atom. The zero-order chi connectivity index (χ0) is 13.9. The van der Waals surface area contributed by atoms with E-state index in [1.54, 1.807) is 6.07 Å². The van der Waals surface area contributed by atoms with E-state index < -0.39 is 11.9 Å². The second-order valence-electron chi connectivity index (χ2n) is 5.30. The molecule has 0 saturated carbocycles. The lowest BCUT2D eigenvalue weighted by molar-refractivity contribution is -0.0462. The maximum Gasteiger partial charge on any atom is 0.256 e. The smallest absolute Gasteiger partial charge is 0.256 e. The van der Waals surface area contributed by atoms with Gasteiger partial charge in [-0.1, -0.05) is 0 Å². The highest BCUT2D eigenvalue weighted by Gasteiger charge is 2.32. The van der Waals surface area contributed by atoms with Crippen LogP contribution in [0.3, 0.4) is 0 Å². The van der Waals surface area contributed by atoms with Crippen molar-refractivity contribution in [2.24, 2.45) is 0 Å². The monoisotopic (exact) mass is 279 g/mol. The van der Waals surface area contributed by atoms with Crippen LogP contribution in [0.2, 0.25) is 0 Å². The second kappa shape index (κ2) is 5.85. The van der Waals surface area contributed by atoms with Crippen LogP contribution in [0.5, 0.6) is 0 Å². The van der Waals surface area contributed by atoms with E-state index in [2.05, 4.69) is 15.2 Å². The number of ether oxygens (including phenoxy) is 1. The molecule has 2 fully saturated rings. The minimum absolute atomic E-state index is 0.0203. The van der Waals surface area contributed by atoms with Crippen LogP contribution in [0.1, 0.15) is 23.2 Å². The third-order valence-electron chi connectivity index (χ3n) is 3.96. The predicted octanol–water partition coefficient (Wildman–Crippen LogP) is 0.814. The molecule has 0 radical (unpaired) electrons. The molecule has 1 aromatic rings. The maximum absolute atomic E-state index is 13.4. The predicted molar refractivity (Wildman–Crippen MR) is 70.9 cm³/mol. The number of nitrogens with one attached hydrogen (secondary N) is 1. The first-order chi connectivity index (χ1) is 9.74. The minimum atomic E-state index is -0.742. The van der Waals surface area contributed by atoms with E-state index in [1.807, 2.05) is 0 Å². The molecule has 0 bridgehead atoms. The van der Waals surface area contributed by atoms with Gasteiger partial charge in [-0.3, -0.25) is 9.69 Å². The van der Waals surface area contributed by atoms with Gasteiger partial charge in [-0.25, -0.2) is 4.98 Å². The number of rotatable bonds is 3. The van der Waals surface area contributed by atoms with Gasteiger partial charge in [0.25, 0.3) is 5.91 Å². The first-order valence-electron chi connectivity index (χ1n) is 6.98. The minimum Gasteiger partial charge on any atom is -0.373 e. The molecule has 0 spiro atoms. The molecule has 1 aromatic heterocycles. The van der Waals surface area contributed by atoms with E-state index in [0.717, 1.165) is 19.7 Å². The number of carbonyl (C=O) groups excluding carboxylic acids is 1. The first kappa shape index (κ1) is 13.5. The summed E-state index contributed by atoms with van der Waals surface area (Å²) in [7, 11) is 0. The zero-order valence-corrected chi connectivity index (χ0v) is 11.2. The highest BCUT2D eigenvalue weighted by molar-refractivity contribution is 5.94. The van der Waals surface area contributed by atoms with Crippen molar-refractivity contribution in [2.75, 3.05) is 26.2 Å². The Kier molecular flexibility index (Phi) is 3.93. The third kappa shape index (κ3) is 2.81. The second-order valence-corrected chi connectivity index (χ2v) is 5.30. The van der Waals surface area contributed by atoms with Gasteiger partial charge in [0, 0.05) is 25.3 Å². The summed E-state index contributed by atoms with van der Waals surface area (Å²) in [5, 5.41) is 2.72. The number of aromatic nitrogens is 1.